The van der Waals surface area contributed by atoms with E-state index in [0.29, 0.717) is 6.42 Å². The monoisotopic (exact) mass is 521 g/mol. The number of hydrogen-bond acceptors (Lipinski definition) is 3. The summed E-state index contributed by atoms with van der Waals surface area (Å²) in [7, 11) is 0. The molecule has 0 heterocycles. The van der Waals surface area contributed by atoms with Gasteiger partial charge in [-0.15, -0.1) is 0 Å². The van der Waals surface area contributed by atoms with Gasteiger partial charge in [-0.1, -0.05) is 141 Å². The zero-order chi connectivity index (χ0) is 27.2. The molecule has 4 heteroatoms. The maximum atomic E-state index is 12.2. The Labute approximate surface area is 230 Å². The van der Waals surface area contributed by atoms with E-state index in [1.54, 1.807) is 6.08 Å². The van der Waals surface area contributed by atoms with Gasteiger partial charge in [0.05, 0.1) is 18.8 Å². The van der Waals surface area contributed by atoms with E-state index < -0.39 is 12.1 Å². The molecule has 0 aliphatic rings. The third kappa shape index (κ3) is 26.3. The molecule has 37 heavy (non-hydrogen) atoms. The molecule has 0 aromatic carbocycles. The normalized spacial score (nSPS) is 13.5. The maximum absolute atomic E-state index is 12.2. The third-order valence-corrected chi connectivity index (χ3v) is 7.16. The van der Waals surface area contributed by atoms with E-state index in [1.807, 2.05) is 6.08 Å². The number of unbranched alkanes of at least 4 members (excludes halogenated alkanes) is 19. The molecule has 0 saturated carbocycles. The minimum Gasteiger partial charge on any atom is -0.394 e. The Bertz CT molecular complexity index is 532. The van der Waals surface area contributed by atoms with E-state index >= 15 is 0 Å². The second-order valence-corrected chi connectivity index (χ2v) is 10.9. The summed E-state index contributed by atoms with van der Waals surface area (Å²) in [6, 6.07) is -0.618. The zero-order valence-corrected chi connectivity index (χ0v) is 24.7. The number of rotatable bonds is 28. The summed E-state index contributed by atoms with van der Waals surface area (Å²) < 4.78 is 0. The molecule has 0 bridgehead atoms. The van der Waals surface area contributed by atoms with E-state index in [-0.39, 0.29) is 12.5 Å². The van der Waals surface area contributed by atoms with Gasteiger partial charge < -0.3 is 15.5 Å². The fourth-order valence-corrected chi connectivity index (χ4v) is 4.65. The van der Waals surface area contributed by atoms with Crippen molar-refractivity contribution in [2.75, 3.05) is 6.61 Å². The second-order valence-electron chi connectivity index (χ2n) is 10.9. The van der Waals surface area contributed by atoms with Crippen molar-refractivity contribution < 1.29 is 15.0 Å². The van der Waals surface area contributed by atoms with Gasteiger partial charge in [-0.2, -0.15) is 0 Å². The highest BCUT2D eigenvalue weighted by molar-refractivity contribution is 5.76. The summed E-state index contributed by atoms with van der Waals surface area (Å²) in [6.07, 6.45) is 35.3. The van der Waals surface area contributed by atoms with Gasteiger partial charge in [0.1, 0.15) is 0 Å². The summed E-state index contributed by atoms with van der Waals surface area (Å²) >= 11 is 0. The molecular formula is C33H63NO3. The van der Waals surface area contributed by atoms with Gasteiger partial charge >= 0.3 is 0 Å². The van der Waals surface area contributed by atoms with Crippen LogP contribution in [0.5, 0.6) is 0 Å². The lowest BCUT2D eigenvalue weighted by atomic mass is 10.0. The van der Waals surface area contributed by atoms with Crippen LogP contribution >= 0.6 is 0 Å². The van der Waals surface area contributed by atoms with Crippen LogP contribution in [0.1, 0.15) is 162 Å². The number of nitrogens with one attached hydrogen (secondary N) is 1. The molecule has 0 rings (SSSR count). The second kappa shape index (κ2) is 29.4. The summed E-state index contributed by atoms with van der Waals surface area (Å²) in [5.41, 5.74) is 0. The SMILES string of the molecule is CCC/C=C\CCCCCCCC/C=C/[C@@H](O)[C@H](CO)NC(=O)CCCCCCCCCCCCCC. The first-order valence-electron chi connectivity index (χ1n) is 16.1. The van der Waals surface area contributed by atoms with E-state index in [2.05, 4.69) is 31.3 Å². The number of hydrogen-bond donors (Lipinski definition) is 3. The van der Waals surface area contributed by atoms with Crippen LogP contribution in [0.4, 0.5) is 0 Å². The standard InChI is InChI=1S/C33H63NO3/c1-3-5-7-9-11-13-15-17-18-20-22-24-26-28-32(36)31(30-35)34-33(37)29-27-25-23-21-19-16-14-12-10-8-6-4-2/h7,9,26,28,31-32,35-36H,3-6,8,10-25,27,29-30H2,1-2H3,(H,34,37)/b9-7-,28-26+/t31-,32+/m0/s1. The maximum Gasteiger partial charge on any atom is 0.220 e. The highest BCUT2D eigenvalue weighted by Gasteiger charge is 2.17. The molecule has 0 aromatic rings. The number of amides is 1. The molecule has 0 saturated heterocycles. The van der Waals surface area contributed by atoms with E-state index in [4.69, 9.17) is 0 Å². The van der Waals surface area contributed by atoms with Gasteiger partial charge in [0.15, 0.2) is 0 Å². The van der Waals surface area contributed by atoms with Gasteiger partial charge in [-0.25, -0.2) is 0 Å². The fourth-order valence-electron chi connectivity index (χ4n) is 4.65. The molecule has 218 valence electrons. The first-order chi connectivity index (χ1) is 18.2. The first-order valence-corrected chi connectivity index (χ1v) is 16.1. The summed E-state index contributed by atoms with van der Waals surface area (Å²) in [5, 5.41) is 22.8. The molecule has 3 N–H and O–H groups in total. The Morgan fingerprint density at radius 2 is 1.08 bits per heavy atom. The smallest absolute Gasteiger partial charge is 0.220 e. The average Bonchev–Trinajstić information content (AvgIpc) is 2.90. The van der Waals surface area contributed by atoms with E-state index in [0.717, 1.165) is 25.7 Å². The van der Waals surface area contributed by atoms with Gasteiger partial charge in [-0.3, -0.25) is 4.79 Å². The number of carbonyl (C=O) groups excluding carboxylic acids is 1. The van der Waals surface area contributed by atoms with Crippen LogP contribution in [0.25, 0.3) is 0 Å². The summed E-state index contributed by atoms with van der Waals surface area (Å²) in [4.78, 5) is 12.2. The van der Waals surface area contributed by atoms with Gasteiger partial charge in [0.25, 0.3) is 0 Å². The molecule has 1 amide bonds. The van der Waals surface area contributed by atoms with Crippen LogP contribution in [0.2, 0.25) is 0 Å². The molecule has 0 fully saturated rings. The molecule has 0 unspecified atom stereocenters. The fraction of sp³-hybridized carbons (Fsp3) is 0.848. The molecule has 4 nitrogen and oxygen atoms in total. The Kier molecular flexibility index (Phi) is 28.5. The molecule has 0 aliphatic carbocycles. The minimum absolute atomic E-state index is 0.0700. The van der Waals surface area contributed by atoms with Gasteiger partial charge in [0.2, 0.25) is 5.91 Å². The Balaban J connectivity index is 3.67. The van der Waals surface area contributed by atoms with Gasteiger partial charge in [0, 0.05) is 6.42 Å². The predicted octanol–water partition coefficient (Wildman–Crippen LogP) is 8.95. The lowest BCUT2D eigenvalue weighted by Crippen LogP contribution is -2.45. The van der Waals surface area contributed by atoms with E-state index in [1.165, 1.54) is 116 Å². The van der Waals surface area contributed by atoms with Crippen molar-refractivity contribution in [2.45, 2.75) is 174 Å². The molecule has 0 spiro atoms. The summed E-state index contributed by atoms with van der Waals surface area (Å²) in [5.74, 6) is -0.0700. The highest BCUT2D eigenvalue weighted by atomic mass is 16.3. The molecule has 0 radical (unpaired) electrons. The van der Waals surface area contributed by atoms with E-state index in [9.17, 15) is 15.0 Å². The van der Waals surface area contributed by atoms with Crippen molar-refractivity contribution in [1.29, 1.82) is 0 Å². The first kappa shape index (κ1) is 35.9. The molecular weight excluding hydrogens is 458 g/mol. The third-order valence-electron chi connectivity index (χ3n) is 7.16. The lowest BCUT2D eigenvalue weighted by Gasteiger charge is -2.20. The highest BCUT2D eigenvalue weighted by Crippen LogP contribution is 2.13. The molecule has 0 aromatic heterocycles. The van der Waals surface area contributed by atoms with Crippen molar-refractivity contribution in [2.24, 2.45) is 0 Å². The summed E-state index contributed by atoms with van der Waals surface area (Å²) in [6.45, 7) is 4.23. The van der Waals surface area contributed by atoms with Crippen LogP contribution in [0.15, 0.2) is 24.3 Å². The van der Waals surface area contributed by atoms with Crippen LogP contribution in [-0.2, 0) is 4.79 Å². The van der Waals surface area contributed by atoms with Crippen LogP contribution in [0, 0.1) is 0 Å². The number of carbonyl (C=O) groups is 1. The quantitative estimate of drug-likeness (QED) is 0.0711. The number of aliphatic hydroxyl groups excluding tert-OH is 2. The number of aliphatic hydroxyl groups is 2. The molecule has 2 atom stereocenters. The van der Waals surface area contributed by atoms with Crippen LogP contribution in [0.3, 0.4) is 0 Å². The topological polar surface area (TPSA) is 69.6 Å². The van der Waals surface area contributed by atoms with Crippen LogP contribution < -0.4 is 5.32 Å². The average molecular weight is 522 g/mol. The lowest BCUT2D eigenvalue weighted by molar-refractivity contribution is -0.123. The van der Waals surface area contributed by atoms with Gasteiger partial charge in [-0.05, 0) is 38.5 Å². The minimum atomic E-state index is -0.836. The number of allylic oxidation sites excluding steroid dienone is 3. The largest absolute Gasteiger partial charge is 0.394 e. The van der Waals surface area contributed by atoms with Crippen molar-refractivity contribution in [1.82, 2.24) is 5.32 Å². The zero-order valence-electron chi connectivity index (χ0n) is 24.7. The predicted molar refractivity (Wildman–Crippen MR) is 161 cm³/mol. The molecule has 0 aliphatic heterocycles. The van der Waals surface area contributed by atoms with Crippen molar-refractivity contribution in [3.8, 4) is 0 Å². The van der Waals surface area contributed by atoms with Crippen molar-refractivity contribution >= 4 is 5.91 Å². The van der Waals surface area contributed by atoms with Crippen LogP contribution in [-0.4, -0.2) is 34.9 Å². The Hall–Kier alpha value is -1.13. The van der Waals surface area contributed by atoms with Crippen molar-refractivity contribution in [3.63, 3.8) is 0 Å². The Morgan fingerprint density at radius 3 is 1.59 bits per heavy atom. The Morgan fingerprint density at radius 1 is 0.622 bits per heavy atom. The van der Waals surface area contributed by atoms with Crippen molar-refractivity contribution in [3.05, 3.63) is 24.3 Å².